The number of nitrogens with zero attached hydrogens (tertiary/aromatic N) is 2. The Kier molecular flexibility index (Phi) is 7.52. The van der Waals surface area contributed by atoms with E-state index in [0.29, 0.717) is 6.04 Å². The smallest absolute Gasteiger partial charge is 0.261 e. The molecule has 1 saturated heterocycles. The maximum Gasteiger partial charge on any atom is 0.261 e. The lowest BCUT2D eigenvalue weighted by atomic mass is 9.96. The van der Waals surface area contributed by atoms with Crippen molar-refractivity contribution < 1.29 is 4.79 Å². The van der Waals surface area contributed by atoms with Gasteiger partial charge in [0, 0.05) is 32.7 Å². The number of amides is 1. The second-order valence-electron chi connectivity index (χ2n) is 8.14. The van der Waals surface area contributed by atoms with Crippen LogP contribution in [0.4, 0.5) is 0 Å². The number of benzene rings is 2. The Bertz CT molecular complexity index is 910. The van der Waals surface area contributed by atoms with Crippen LogP contribution in [-0.4, -0.2) is 55.0 Å². The van der Waals surface area contributed by atoms with Gasteiger partial charge < -0.3 is 10.2 Å². The van der Waals surface area contributed by atoms with Gasteiger partial charge in [0.1, 0.15) is 0 Å². The largest absolute Gasteiger partial charge is 0.351 e. The van der Waals surface area contributed by atoms with Gasteiger partial charge in [-0.15, -0.1) is 11.3 Å². The van der Waals surface area contributed by atoms with Gasteiger partial charge >= 0.3 is 0 Å². The lowest BCUT2D eigenvalue weighted by molar-refractivity contribution is 0.0944. The van der Waals surface area contributed by atoms with E-state index in [1.807, 2.05) is 18.4 Å². The third-order valence-corrected chi connectivity index (χ3v) is 7.02. The highest BCUT2D eigenvalue weighted by Gasteiger charge is 2.26. The molecule has 0 spiro atoms. The summed E-state index contributed by atoms with van der Waals surface area (Å²) in [6, 6.07) is 24.0. The van der Waals surface area contributed by atoms with Crippen molar-refractivity contribution in [3.05, 3.63) is 93.7 Å². The number of nitrogens with one attached hydrogen (secondary N) is 1. The van der Waals surface area contributed by atoms with Crippen LogP contribution in [0.2, 0.25) is 0 Å². The molecule has 3 aromatic rings. The van der Waals surface area contributed by atoms with Gasteiger partial charge in [-0.3, -0.25) is 9.69 Å². The molecule has 0 unspecified atom stereocenters. The Morgan fingerprint density at radius 1 is 0.935 bits per heavy atom. The lowest BCUT2D eigenvalue weighted by Crippen LogP contribution is -2.48. The van der Waals surface area contributed by atoms with E-state index in [1.54, 1.807) is 0 Å². The highest BCUT2D eigenvalue weighted by molar-refractivity contribution is 7.12. The van der Waals surface area contributed by atoms with Crippen LogP contribution in [-0.2, 0) is 0 Å². The summed E-state index contributed by atoms with van der Waals surface area (Å²) in [6.07, 6.45) is 0.983. The van der Waals surface area contributed by atoms with E-state index in [-0.39, 0.29) is 5.91 Å². The minimum Gasteiger partial charge on any atom is -0.351 e. The van der Waals surface area contributed by atoms with Gasteiger partial charge in [0.15, 0.2) is 0 Å². The quantitative estimate of drug-likeness (QED) is 0.528. The molecule has 0 saturated carbocycles. The standard InChI is InChI=1S/C26H31N3OS/c1-21-13-20-31-25(21)26(30)27-14-8-15-28-16-18-29(19-17-28)24(22-9-4-2-5-10-22)23-11-6-3-7-12-23/h2-7,9-13,20,24H,8,14-19H2,1H3,(H,27,30). The first-order valence-corrected chi connectivity index (χ1v) is 12.0. The Morgan fingerprint density at radius 2 is 1.55 bits per heavy atom. The first kappa shape index (κ1) is 21.8. The van der Waals surface area contributed by atoms with Gasteiger partial charge in [-0.25, -0.2) is 0 Å². The molecule has 4 nitrogen and oxygen atoms in total. The van der Waals surface area contributed by atoms with Gasteiger partial charge in [-0.1, -0.05) is 60.7 Å². The van der Waals surface area contributed by atoms with Crippen molar-refractivity contribution in [2.45, 2.75) is 19.4 Å². The van der Waals surface area contributed by atoms with Gasteiger partial charge in [0.2, 0.25) is 0 Å². The van der Waals surface area contributed by atoms with Crippen LogP contribution in [0.5, 0.6) is 0 Å². The molecule has 0 atom stereocenters. The van der Waals surface area contributed by atoms with Gasteiger partial charge in [0.05, 0.1) is 10.9 Å². The van der Waals surface area contributed by atoms with E-state index >= 15 is 0 Å². The molecule has 2 heterocycles. The summed E-state index contributed by atoms with van der Waals surface area (Å²) in [5, 5.41) is 5.04. The number of hydrogen-bond donors (Lipinski definition) is 1. The Hall–Kier alpha value is -2.47. The lowest BCUT2D eigenvalue weighted by Gasteiger charge is -2.39. The molecule has 2 aromatic carbocycles. The number of piperazine rings is 1. The van der Waals surface area contributed by atoms with Crippen molar-refractivity contribution in [3.63, 3.8) is 0 Å². The fraction of sp³-hybridized carbons (Fsp3) is 0.346. The predicted molar refractivity (Wildman–Crippen MR) is 129 cm³/mol. The molecule has 4 rings (SSSR count). The molecule has 1 N–H and O–H groups in total. The molecule has 0 bridgehead atoms. The molecular weight excluding hydrogens is 402 g/mol. The Morgan fingerprint density at radius 3 is 2.10 bits per heavy atom. The van der Waals surface area contributed by atoms with E-state index in [0.717, 1.165) is 56.1 Å². The highest BCUT2D eigenvalue weighted by atomic mass is 32.1. The van der Waals surface area contributed by atoms with Crippen LogP contribution in [0, 0.1) is 6.92 Å². The van der Waals surface area contributed by atoms with Crippen molar-refractivity contribution in [1.29, 1.82) is 0 Å². The number of aryl methyl sites for hydroxylation is 1. The van der Waals surface area contributed by atoms with Gasteiger partial charge in [0.25, 0.3) is 5.91 Å². The number of carbonyl (C=O) groups is 1. The van der Waals surface area contributed by atoms with Crippen molar-refractivity contribution in [2.24, 2.45) is 0 Å². The van der Waals surface area contributed by atoms with Crippen LogP contribution in [0.15, 0.2) is 72.1 Å². The average molecular weight is 434 g/mol. The second-order valence-corrected chi connectivity index (χ2v) is 9.06. The van der Waals surface area contributed by atoms with Crippen molar-refractivity contribution in [1.82, 2.24) is 15.1 Å². The minimum absolute atomic E-state index is 0.0610. The van der Waals surface area contributed by atoms with E-state index in [1.165, 1.54) is 22.5 Å². The van der Waals surface area contributed by atoms with Gasteiger partial charge in [-0.2, -0.15) is 0 Å². The predicted octanol–water partition coefficient (Wildman–Crippen LogP) is 4.58. The summed E-state index contributed by atoms with van der Waals surface area (Å²) in [4.78, 5) is 18.2. The summed E-state index contributed by atoms with van der Waals surface area (Å²) in [5.41, 5.74) is 3.77. The molecule has 1 fully saturated rings. The Balaban J connectivity index is 1.27. The molecule has 162 valence electrons. The van der Waals surface area contributed by atoms with E-state index < -0.39 is 0 Å². The fourth-order valence-corrected chi connectivity index (χ4v) is 5.16. The summed E-state index contributed by atoms with van der Waals surface area (Å²) < 4.78 is 0. The monoisotopic (exact) mass is 433 g/mol. The van der Waals surface area contributed by atoms with Gasteiger partial charge in [-0.05, 0) is 48.0 Å². The van der Waals surface area contributed by atoms with E-state index in [4.69, 9.17) is 0 Å². The van der Waals surface area contributed by atoms with Crippen molar-refractivity contribution in [2.75, 3.05) is 39.3 Å². The summed E-state index contributed by atoms with van der Waals surface area (Å²) in [7, 11) is 0. The summed E-state index contributed by atoms with van der Waals surface area (Å²) in [5.74, 6) is 0.0610. The molecule has 5 heteroatoms. The topological polar surface area (TPSA) is 35.6 Å². The molecule has 1 amide bonds. The van der Waals surface area contributed by atoms with Crippen LogP contribution >= 0.6 is 11.3 Å². The summed E-state index contributed by atoms with van der Waals surface area (Å²) >= 11 is 1.51. The first-order chi connectivity index (χ1) is 15.2. The maximum atomic E-state index is 12.2. The Labute approximate surface area is 189 Å². The molecule has 1 aliphatic rings. The average Bonchev–Trinajstić information content (AvgIpc) is 3.25. The number of thiophene rings is 1. The van der Waals surface area contributed by atoms with Crippen molar-refractivity contribution in [3.8, 4) is 0 Å². The zero-order valence-electron chi connectivity index (χ0n) is 18.2. The number of rotatable bonds is 8. The second kappa shape index (κ2) is 10.7. The highest BCUT2D eigenvalue weighted by Crippen LogP contribution is 2.29. The minimum atomic E-state index is 0.0610. The first-order valence-electron chi connectivity index (χ1n) is 11.1. The third kappa shape index (κ3) is 5.62. The van der Waals surface area contributed by atoms with E-state index in [2.05, 4.69) is 75.8 Å². The zero-order valence-corrected chi connectivity index (χ0v) is 19.0. The van der Waals surface area contributed by atoms with Crippen LogP contribution < -0.4 is 5.32 Å². The van der Waals surface area contributed by atoms with Crippen molar-refractivity contribution >= 4 is 17.2 Å². The van der Waals surface area contributed by atoms with Crippen LogP contribution in [0.25, 0.3) is 0 Å². The number of hydrogen-bond acceptors (Lipinski definition) is 4. The molecule has 1 aromatic heterocycles. The van der Waals surface area contributed by atoms with Crippen LogP contribution in [0.3, 0.4) is 0 Å². The SMILES string of the molecule is Cc1ccsc1C(=O)NCCCN1CCN(C(c2ccccc2)c2ccccc2)CC1. The molecule has 31 heavy (non-hydrogen) atoms. The van der Waals surface area contributed by atoms with Crippen LogP contribution in [0.1, 0.15) is 38.8 Å². The zero-order chi connectivity index (χ0) is 21.5. The molecule has 0 radical (unpaired) electrons. The fourth-order valence-electron chi connectivity index (χ4n) is 4.32. The third-order valence-electron chi connectivity index (χ3n) is 6.01. The molecule has 1 aliphatic heterocycles. The maximum absolute atomic E-state index is 12.2. The number of carbonyl (C=O) groups excluding carboxylic acids is 1. The molecule has 0 aliphatic carbocycles. The van der Waals surface area contributed by atoms with E-state index in [9.17, 15) is 4.79 Å². The molecular formula is C26H31N3OS. The normalized spacial score (nSPS) is 15.3. The summed E-state index contributed by atoms with van der Waals surface area (Å²) in [6.45, 7) is 7.97.